The Kier molecular flexibility index (Phi) is 5.99. The molecule has 2 aliphatic heterocycles. The zero-order valence-corrected chi connectivity index (χ0v) is 17.0. The smallest absolute Gasteiger partial charge is 0.444 e. The lowest BCUT2D eigenvalue weighted by Gasteiger charge is -2.32. The number of thioether (sulfide) groups is 1. The summed E-state index contributed by atoms with van der Waals surface area (Å²) in [6.45, 7) is 9.29. The van der Waals surface area contributed by atoms with Gasteiger partial charge in [-0.05, 0) is 33.1 Å². The molecule has 2 fully saturated rings. The van der Waals surface area contributed by atoms with Crippen molar-refractivity contribution in [1.82, 2.24) is 10.2 Å². The molecule has 2 amide bonds. The van der Waals surface area contributed by atoms with Crippen molar-refractivity contribution in [1.29, 1.82) is 0 Å². The number of ether oxygens (including phenoxy) is 3. The van der Waals surface area contributed by atoms with Crippen molar-refractivity contribution in [3.05, 3.63) is 0 Å². The van der Waals surface area contributed by atoms with Gasteiger partial charge in [-0.1, -0.05) is 13.8 Å². The molecule has 2 heterocycles. The van der Waals surface area contributed by atoms with Gasteiger partial charge in [0.15, 0.2) is 6.23 Å². The summed E-state index contributed by atoms with van der Waals surface area (Å²) in [6, 6.07) is 0. The third kappa shape index (κ3) is 4.55. The van der Waals surface area contributed by atoms with Gasteiger partial charge in [0.1, 0.15) is 11.1 Å². The maximum absolute atomic E-state index is 13.2. The van der Waals surface area contributed by atoms with Crippen molar-refractivity contribution in [2.24, 2.45) is 5.92 Å². The second-order valence-corrected chi connectivity index (χ2v) is 9.25. The second kappa shape index (κ2) is 7.54. The number of fused-ring (bicyclic) bond motifs is 1. The van der Waals surface area contributed by atoms with Crippen LogP contribution in [0.4, 0.5) is 9.59 Å². The summed E-state index contributed by atoms with van der Waals surface area (Å²) in [7, 11) is 1.22. The number of hydrogen-bond acceptors (Lipinski definition) is 7. The Labute approximate surface area is 158 Å². The fourth-order valence-electron chi connectivity index (χ4n) is 3.36. The fraction of sp³-hybridized carbons (Fsp3) is 0.824. The van der Waals surface area contributed by atoms with Crippen molar-refractivity contribution in [3.8, 4) is 0 Å². The van der Waals surface area contributed by atoms with E-state index >= 15 is 0 Å². The number of amides is 2. The Morgan fingerprint density at radius 2 is 2.04 bits per heavy atom. The van der Waals surface area contributed by atoms with E-state index in [1.807, 2.05) is 13.8 Å². The van der Waals surface area contributed by atoms with E-state index in [2.05, 4.69) is 10.1 Å². The first-order valence-corrected chi connectivity index (χ1v) is 9.72. The summed E-state index contributed by atoms with van der Waals surface area (Å²) >= 11 is 1.53. The Morgan fingerprint density at radius 3 is 2.58 bits per heavy atom. The molecule has 0 aromatic carbocycles. The number of carbonyl (C=O) groups is 3. The van der Waals surface area contributed by atoms with Gasteiger partial charge in [0.25, 0.3) is 5.91 Å². The Hall–Kier alpha value is -1.64. The highest BCUT2D eigenvalue weighted by molar-refractivity contribution is 8.00. The molecule has 2 saturated heterocycles. The summed E-state index contributed by atoms with van der Waals surface area (Å²) in [5.41, 5.74) is -1.72. The lowest BCUT2D eigenvalue weighted by Crippen LogP contribution is -2.57. The molecular weight excluding hydrogens is 360 g/mol. The molecule has 148 valence electrons. The van der Waals surface area contributed by atoms with E-state index in [9.17, 15) is 14.4 Å². The van der Waals surface area contributed by atoms with Gasteiger partial charge in [-0.25, -0.2) is 9.59 Å². The highest BCUT2D eigenvalue weighted by Crippen LogP contribution is 2.45. The van der Waals surface area contributed by atoms with Crippen LogP contribution >= 0.6 is 11.8 Å². The van der Waals surface area contributed by atoms with Crippen molar-refractivity contribution in [2.45, 2.75) is 70.2 Å². The maximum atomic E-state index is 13.2. The highest BCUT2D eigenvalue weighted by atomic mass is 32.2. The lowest BCUT2D eigenvalue weighted by molar-refractivity contribution is -0.141. The van der Waals surface area contributed by atoms with Gasteiger partial charge in [-0.3, -0.25) is 9.69 Å². The van der Waals surface area contributed by atoms with E-state index in [1.165, 1.54) is 18.9 Å². The molecule has 2 aliphatic rings. The van der Waals surface area contributed by atoms with Crippen molar-refractivity contribution >= 4 is 29.9 Å². The second-order valence-electron chi connectivity index (χ2n) is 8.04. The van der Waals surface area contributed by atoms with Crippen molar-refractivity contribution < 1.29 is 28.6 Å². The average Bonchev–Trinajstić information content (AvgIpc) is 2.96. The van der Waals surface area contributed by atoms with Gasteiger partial charge >= 0.3 is 12.2 Å². The van der Waals surface area contributed by atoms with E-state index in [-0.39, 0.29) is 17.2 Å². The molecular formula is C17H28N2O6S. The molecule has 26 heavy (non-hydrogen) atoms. The quantitative estimate of drug-likeness (QED) is 0.740. The Morgan fingerprint density at radius 1 is 1.38 bits per heavy atom. The third-order valence-electron chi connectivity index (χ3n) is 4.11. The number of rotatable bonds is 4. The molecule has 0 aromatic rings. The minimum atomic E-state index is -1.06. The number of methoxy groups -OCH3 is 1. The first-order chi connectivity index (χ1) is 12.0. The van der Waals surface area contributed by atoms with E-state index < -0.39 is 29.6 Å². The summed E-state index contributed by atoms with van der Waals surface area (Å²) in [6.07, 6.45) is -1.23. The molecule has 1 N–H and O–H groups in total. The van der Waals surface area contributed by atoms with Gasteiger partial charge in [0.05, 0.1) is 18.2 Å². The number of nitrogens with zero attached hydrogens (tertiary/aromatic N) is 1. The molecule has 3 atom stereocenters. The molecule has 0 aromatic heterocycles. The van der Waals surface area contributed by atoms with Gasteiger partial charge in [0.2, 0.25) is 0 Å². The number of hydrogen-bond donors (Lipinski definition) is 1. The Balaban J connectivity index is 2.21. The first-order valence-electron chi connectivity index (χ1n) is 8.67. The van der Waals surface area contributed by atoms with E-state index in [1.54, 1.807) is 25.7 Å². The molecule has 0 spiro atoms. The molecule has 0 bridgehead atoms. The minimum Gasteiger partial charge on any atom is -0.444 e. The molecule has 8 nitrogen and oxygen atoms in total. The summed E-state index contributed by atoms with van der Waals surface area (Å²) in [5.74, 6) is 0.412. The van der Waals surface area contributed by atoms with Crippen LogP contribution < -0.4 is 5.32 Å². The van der Waals surface area contributed by atoms with Crippen LogP contribution in [0.25, 0.3) is 0 Å². The number of alkyl carbamates (subject to hydrolysis) is 1. The van der Waals surface area contributed by atoms with Crippen LogP contribution in [0.3, 0.4) is 0 Å². The first kappa shape index (κ1) is 20.7. The maximum Gasteiger partial charge on any atom is 0.509 e. The van der Waals surface area contributed by atoms with Crippen LogP contribution in [0.1, 0.15) is 47.5 Å². The fourth-order valence-corrected chi connectivity index (χ4v) is 4.77. The predicted octanol–water partition coefficient (Wildman–Crippen LogP) is 2.71. The van der Waals surface area contributed by atoms with Gasteiger partial charge < -0.3 is 19.5 Å². The topological polar surface area (TPSA) is 94.2 Å². The summed E-state index contributed by atoms with van der Waals surface area (Å²) < 4.78 is 15.1. The minimum absolute atomic E-state index is 0.161. The van der Waals surface area contributed by atoms with Crippen LogP contribution in [-0.4, -0.2) is 58.7 Å². The van der Waals surface area contributed by atoms with Crippen LogP contribution in [-0.2, 0) is 19.0 Å². The molecule has 0 saturated carbocycles. The molecule has 0 aliphatic carbocycles. The van der Waals surface area contributed by atoms with Crippen LogP contribution in [0.2, 0.25) is 0 Å². The summed E-state index contributed by atoms with van der Waals surface area (Å²) in [5, 5.41) is 2.65. The van der Waals surface area contributed by atoms with Crippen LogP contribution in [0.15, 0.2) is 0 Å². The van der Waals surface area contributed by atoms with Gasteiger partial charge in [0, 0.05) is 6.42 Å². The van der Waals surface area contributed by atoms with E-state index in [4.69, 9.17) is 9.47 Å². The predicted molar refractivity (Wildman–Crippen MR) is 96.5 cm³/mol. The van der Waals surface area contributed by atoms with Gasteiger partial charge in [-0.15, -0.1) is 11.8 Å². The van der Waals surface area contributed by atoms with Crippen molar-refractivity contribution in [2.75, 3.05) is 12.9 Å². The summed E-state index contributed by atoms with van der Waals surface area (Å²) in [4.78, 5) is 38.6. The average molecular weight is 388 g/mol. The lowest BCUT2D eigenvalue weighted by atomic mass is 9.87. The SMILES string of the molecule is COC(=O)O[C@@H]1CSC2C[C@@](CC(C)C)(NC(=O)OC(C)(C)C)C(=O)N21. The zero-order valence-electron chi connectivity index (χ0n) is 16.2. The third-order valence-corrected chi connectivity index (χ3v) is 5.37. The molecule has 9 heteroatoms. The zero-order chi connectivity index (χ0) is 19.7. The van der Waals surface area contributed by atoms with Gasteiger partial charge in [-0.2, -0.15) is 0 Å². The van der Waals surface area contributed by atoms with Crippen LogP contribution in [0, 0.1) is 5.92 Å². The molecule has 1 unspecified atom stereocenters. The normalized spacial score (nSPS) is 28.1. The number of carbonyl (C=O) groups excluding carboxylic acids is 3. The van der Waals surface area contributed by atoms with Crippen molar-refractivity contribution in [3.63, 3.8) is 0 Å². The standard InChI is InChI=1S/C17H28N2O6S/c1-10(2)7-17(18-14(21)25-16(3,4)5)8-12-19(13(17)20)11(9-26-12)24-15(22)23-6/h10-12H,7-9H2,1-6H3,(H,18,21)/t11-,12?,17-/m1/s1. The monoisotopic (exact) mass is 388 g/mol. The number of nitrogens with one attached hydrogen (secondary N) is 1. The largest absolute Gasteiger partial charge is 0.509 e. The molecule has 2 rings (SSSR count). The van der Waals surface area contributed by atoms with E-state index in [0.29, 0.717) is 18.6 Å². The van der Waals surface area contributed by atoms with E-state index in [0.717, 1.165) is 0 Å². The Bertz CT molecular complexity index is 576. The molecule has 0 radical (unpaired) electrons. The van der Waals surface area contributed by atoms with Crippen LogP contribution in [0.5, 0.6) is 0 Å². The highest BCUT2D eigenvalue weighted by Gasteiger charge is 2.58.